The molecule has 0 spiro atoms. The van der Waals surface area contributed by atoms with E-state index in [9.17, 15) is 23.1 Å². The number of anilines is 2. The Labute approximate surface area is 161 Å². The molecule has 1 atom stereocenters. The van der Waals surface area contributed by atoms with Gasteiger partial charge in [-0.15, -0.1) is 13.2 Å². The molecule has 1 aliphatic rings. The summed E-state index contributed by atoms with van der Waals surface area (Å²) >= 11 is 3.26. The van der Waals surface area contributed by atoms with Gasteiger partial charge in [0.15, 0.2) is 0 Å². The van der Waals surface area contributed by atoms with E-state index in [4.69, 9.17) is 0 Å². The highest BCUT2D eigenvalue weighted by Gasteiger charge is 2.31. The molecule has 1 aliphatic heterocycles. The number of aromatic nitrogens is 1. The minimum atomic E-state index is -4.77. The average Bonchev–Trinajstić information content (AvgIpc) is 3.01. The Hall–Kier alpha value is -2.33. The number of hydrogen-bond donors (Lipinski definition) is 2. The number of halogens is 4. The van der Waals surface area contributed by atoms with Crippen molar-refractivity contribution < 1.29 is 27.8 Å². The summed E-state index contributed by atoms with van der Waals surface area (Å²) in [5.41, 5.74) is 0.585. The van der Waals surface area contributed by atoms with Gasteiger partial charge in [0.05, 0.1) is 11.7 Å². The standard InChI is InChI=1S/C17H15BrF3N3O3/c18-15-13(5-6-14(23-15)24-8-7-11(25)9-24)16(26)22-10-1-3-12(4-2-10)27-17(19,20)21/h1-6,11,25H,7-9H2,(H,22,26). The summed E-state index contributed by atoms with van der Waals surface area (Å²) in [7, 11) is 0. The van der Waals surface area contributed by atoms with Gasteiger partial charge >= 0.3 is 6.36 Å². The van der Waals surface area contributed by atoms with E-state index in [1.54, 1.807) is 12.1 Å². The van der Waals surface area contributed by atoms with Crippen molar-refractivity contribution in [3.05, 3.63) is 46.6 Å². The highest BCUT2D eigenvalue weighted by atomic mass is 79.9. The number of nitrogens with one attached hydrogen (secondary N) is 1. The molecule has 0 bridgehead atoms. The second-order valence-corrected chi connectivity index (χ2v) is 6.67. The third kappa shape index (κ3) is 5.10. The molecule has 2 N–H and O–H groups in total. The number of amides is 1. The molecule has 1 aromatic heterocycles. The van der Waals surface area contributed by atoms with Crippen molar-refractivity contribution in [3.63, 3.8) is 0 Å². The number of ether oxygens (including phenoxy) is 1. The second-order valence-electron chi connectivity index (χ2n) is 5.92. The Kier molecular flexibility index (Phi) is 5.56. The topological polar surface area (TPSA) is 74.7 Å². The van der Waals surface area contributed by atoms with Crippen LogP contribution in [0, 0.1) is 0 Å². The Morgan fingerprint density at radius 2 is 1.96 bits per heavy atom. The molecule has 144 valence electrons. The first-order chi connectivity index (χ1) is 12.7. The fourth-order valence-corrected chi connectivity index (χ4v) is 3.15. The lowest BCUT2D eigenvalue weighted by atomic mass is 10.2. The molecule has 1 fully saturated rings. The largest absolute Gasteiger partial charge is 0.573 e. The third-order valence-electron chi connectivity index (χ3n) is 3.91. The van der Waals surface area contributed by atoms with Gasteiger partial charge in [-0.25, -0.2) is 4.98 Å². The molecule has 6 nitrogen and oxygen atoms in total. The number of benzene rings is 1. The van der Waals surface area contributed by atoms with Gasteiger partial charge in [0, 0.05) is 18.8 Å². The molecule has 1 unspecified atom stereocenters. The first kappa shape index (κ1) is 19.4. The minimum Gasteiger partial charge on any atom is -0.406 e. The highest BCUT2D eigenvalue weighted by molar-refractivity contribution is 9.10. The molecule has 10 heteroatoms. The zero-order chi connectivity index (χ0) is 19.6. The monoisotopic (exact) mass is 445 g/mol. The number of alkyl halides is 3. The molecule has 0 radical (unpaired) electrons. The van der Waals surface area contributed by atoms with Gasteiger partial charge in [-0.2, -0.15) is 0 Å². The quantitative estimate of drug-likeness (QED) is 0.703. The summed E-state index contributed by atoms with van der Waals surface area (Å²) in [5, 5.41) is 12.2. The lowest BCUT2D eigenvalue weighted by Crippen LogP contribution is -2.23. The number of carbonyl (C=O) groups excluding carboxylic acids is 1. The maximum absolute atomic E-state index is 12.4. The first-order valence-electron chi connectivity index (χ1n) is 7.98. The zero-order valence-electron chi connectivity index (χ0n) is 13.8. The van der Waals surface area contributed by atoms with E-state index >= 15 is 0 Å². The van der Waals surface area contributed by atoms with Crippen molar-refractivity contribution in [2.45, 2.75) is 18.9 Å². The first-order valence-corrected chi connectivity index (χ1v) is 8.77. The van der Waals surface area contributed by atoms with E-state index in [0.717, 1.165) is 12.1 Å². The average molecular weight is 446 g/mol. The number of nitrogens with zero attached hydrogens (tertiary/aromatic N) is 2. The molecule has 1 saturated heterocycles. The van der Waals surface area contributed by atoms with Crippen LogP contribution in [0.15, 0.2) is 41.0 Å². The van der Waals surface area contributed by atoms with Gasteiger partial charge in [0.1, 0.15) is 16.2 Å². The Bertz CT molecular complexity index is 830. The normalized spacial score (nSPS) is 17.1. The van der Waals surface area contributed by atoms with Crippen molar-refractivity contribution in [1.29, 1.82) is 0 Å². The number of carbonyl (C=O) groups is 1. The number of β-amino-alcohol motifs (C(OH)–C–C–N with tert-alkyl or cyclic N) is 1. The van der Waals surface area contributed by atoms with Crippen LogP contribution >= 0.6 is 15.9 Å². The Balaban J connectivity index is 1.67. The molecule has 0 aliphatic carbocycles. The van der Waals surface area contributed by atoms with Crippen LogP contribution in [0.2, 0.25) is 0 Å². The molecule has 1 amide bonds. The van der Waals surface area contributed by atoms with Gasteiger partial charge in [-0.3, -0.25) is 4.79 Å². The maximum atomic E-state index is 12.4. The number of pyridine rings is 1. The van der Waals surface area contributed by atoms with Crippen LogP contribution < -0.4 is 15.0 Å². The van der Waals surface area contributed by atoms with Crippen LogP contribution in [0.3, 0.4) is 0 Å². The van der Waals surface area contributed by atoms with Gasteiger partial charge in [0.25, 0.3) is 5.91 Å². The van der Waals surface area contributed by atoms with Crippen molar-refractivity contribution in [2.24, 2.45) is 0 Å². The third-order valence-corrected chi connectivity index (χ3v) is 4.52. The van der Waals surface area contributed by atoms with Crippen LogP contribution in [-0.4, -0.2) is 41.6 Å². The van der Waals surface area contributed by atoms with Crippen LogP contribution in [0.4, 0.5) is 24.7 Å². The van der Waals surface area contributed by atoms with Crippen molar-refractivity contribution in [3.8, 4) is 5.75 Å². The molecular formula is C17H15BrF3N3O3. The SMILES string of the molecule is O=C(Nc1ccc(OC(F)(F)F)cc1)c1ccc(N2CCC(O)C2)nc1Br. The lowest BCUT2D eigenvalue weighted by Gasteiger charge is -2.17. The van der Waals surface area contributed by atoms with Gasteiger partial charge in [0.2, 0.25) is 0 Å². The van der Waals surface area contributed by atoms with Crippen molar-refractivity contribution in [2.75, 3.05) is 23.3 Å². The van der Waals surface area contributed by atoms with Crippen LogP contribution in [-0.2, 0) is 0 Å². The summed E-state index contributed by atoms with van der Waals surface area (Å²) in [6.07, 6.45) is -4.50. The molecule has 2 heterocycles. The molecular weight excluding hydrogens is 431 g/mol. The summed E-state index contributed by atoms with van der Waals surface area (Å²) < 4.78 is 40.6. The Morgan fingerprint density at radius 1 is 1.26 bits per heavy atom. The summed E-state index contributed by atoms with van der Waals surface area (Å²) in [5.74, 6) is -0.198. The lowest BCUT2D eigenvalue weighted by molar-refractivity contribution is -0.274. The zero-order valence-corrected chi connectivity index (χ0v) is 15.4. The fourth-order valence-electron chi connectivity index (χ4n) is 2.66. The number of rotatable bonds is 4. The van der Waals surface area contributed by atoms with Gasteiger partial charge in [-0.05, 0) is 58.7 Å². The number of aliphatic hydroxyl groups is 1. The maximum Gasteiger partial charge on any atom is 0.573 e. The van der Waals surface area contributed by atoms with E-state index in [1.165, 1.54) is 12.1 Å². The van der Waals surface area contributed by atoms with Crippen LogP contribution in [0.5, 0.6) is 5.75 Å². The van der Waals surface area contributed by atoms with Gasteiger partial charge in [-0.1, -0.05) is 0 Å². The van der Waals surface area contributed by atoms with Crippen LogP contribution in [0.25, 0.3) is 0 Å². The van der Waals surface area contributed by atoms with Crippen molar-refractivity contribution >= 4 is 33.3 Å². The number of hydrogen-bond acceptors (Lipinski definition) is 5. The van der Waals surface area contributed by atoms with Gasteiger partial charge < -0.3 is 20.1 Å². The van der Waals surface area contributed by atoms with E-state index < -0.39 is 18.4 Å². The Morgan fingerprint density at radius 3 is 2.52 bits per heavy atom. The smallest absolute Gasteiger partial charge is 0.406 e. The van der Waals surface area contributed by atoms with Crippen LogP contribution in [0.1, 0.15) is 16.8 Å². The number of aliphatic hydroxyl groups excluding tert-OH is 1. The summed E-state index contributed by atoms with van der Waals surface area (Å²) in [4.78, 5) is 18.6. The predicted octanol–water partition coefficient (Wildman–Crippen LogP) is 3.57. The molecule has 3 rings (SSSR count). The molecule has 0 saturated carbocycles. The molecule has 1 aromatic carbocycles. The second kappa shape index (κ2) is 7.73. The minimum absolute atomic E-state index is 0.272. The van der Waals surface area contributed by atoms with Crippen molar-refractivity contribution in [1.82, 2.24) is 4.98 Å². The predicted molar refractivity (Wildman–Crippen MR) is 95.9 cm³/mol. The fraction of sp³-hybridized carbons (Fsp3) is 0.294. The molecule has 2 aromatic rings. The van der Waals surface area contributed by atoms with E-state index in [2.05, 4.69) is 31.0 Å². The van der Waals surface area contributed by atoms with E-state index in [-0.39, 0.29) is 11.3 Å². The van der Waals surface area contributed by atoms with E-state index in [1.807, 2.05) is 4.90 Å². The van der Waals surface area contributed by atoms with E-state index in [0.29, 0.717) is 35.6 Å². The summed E-state index contributed by atoms with van der Waals surface area (Å²) in [6, 6.07) is 8.10. The highest BCUT2D eigenvalue weighted by Crippen LogP contribution is 2.26. The molecule has 27 heavy (non-hydrogen) atoms. The summed E-state index contributed by atoms with van der Waals surface area (Å²) in [6.45, 7) is 1.16.